The van der Waals surface area contributed by atoms with E-state index in [2.05, 4.69) is 5.32 Å². The van der Waals surface area contributed by atoms with E-state index < -0.39 is 0 Å². The van der Waals surface area contributed by atoms with Crippen molar-refractivity contribution >= 4 is 5.91 Å². The van der Waals surface area contributed by atoms with E-state index in [4.69, 9.17) is 14.2 Å². The number of methoxy groups -OCH3 is 1. The van der Waals surface area contributed by atoms with Gasteiger partial charge in [0.05, 0.1) is 25.0 Å². The van der Waals surface area contributed by atoms with Crippen LogP contribution in [0.5, 0.6) is 17.2 Å². The monoisotopic (exact) mass is 606 g/mol. The van der Waals surface area contributed by atoms with Crippen molar-refractivity contribution < 1.29 is 20.4 Å². The maximum absolute atomic E-state index is 14.5. The van der Waals surface area contributed by atoms with Crippen LogP contribution in [0, 0.1) is 0 Å². The predicted molar refractivity (Wildman–Crippen MR) is 176 cm³/mol. The highest BCUT2D eigenvalue weighted by Crippen LogP contribution is 2.32. The molecule has 0 aliphatic carbocycles. The molecule has 0 saturated carbocycles. The van der Waals surface area contributed by atoms with Gasteiger partial charge in [0.25, 0.3) is 5.91 Å². The summed E-state index contributed by atoms with van der Waals surface area (Å²) in [4.78, 5) is 30.7. The van der Waals surface area contributed by atoms with Crippen molar-refractivity contribution in [2.45, 2.75) is 6.54 Å². The lowest BCUT2D eigenvalue weighted by Crippen LogP contribution is -2.47. The average Bonchev–Trinajstić information content (AvgIpc) is 3.38. The van der Waals surface area contributed by atoms with Gasteiger partial charge in [-0.3, -0.25) is 13.9 Å². The molecule has 0 unspecified atom stereocenters. The average molecular weight is 607 g/mol. The first-order valence-electron chi connectivity index (χ1n) is 15.1. The lowest BCUT2D eigenvalue weighted by Gasteiger charge is -2.28. The molecule has 1 aromatic heterocycles. The van der Waals surface area contributed by atoms with Crippen LogP contribution < -0.4 is 25.2 Å². The first-order valence-corrected chi connectivity index (χ1v) is 15.1. The van der Waals surface area contributed by atoms with Gasteiger partial charge < -0.3 is 24.4 Å². The number of benzene rings is 4. The molecule has 9 heteroatoms. The van der Waals surface area contributed by atoms with E-state index in [0.717, 1.165) is 16.9 Å². The lowest BCUT2D eigenvalue weighted by molar-refractivity contribution is 0.0725. The minimum atomic E-state index is -0.334. The molecule has 0 atom stereocenters. The Morgan fingerprint density at radius 3 is 2.18 bits per heavy atom. The molecule has 1 amide bonds. The summed E-state index contributed by atoms with van der Waals surface area (Å²) in [7, 11) is 1.58. The van der Waals surface area contributed by atoms with E-state index in [1.54, 1.807) is 16.2 Å². The third kappa shape index (κ3) is 6.63. The van der Waals surface area contributed by atoms with Gasteiger partial charge >= 0.3 is 5.69 Å². The van der Waals surface area contributed by atoms with E-state index >= 15 is 0 Å². The highest BCUT2D eigenvalue weighted by atomic mass is 16.5. The normalized spacial score (nSPS) is 13.0. The summed E-state index contributed by atoms with van der Waals surface area (Å²) in [6.45, 7) is 3.40. The Morgan fingerprint density at radius 2 is 1.44 bits per heavy atom. The first-order chi connectivity index (χ1) is 22.1. The molecule has 1 N–H and O–H groups in total. The minimum Gasteiger partial charge on any atom is -0.495 e. The fourth-order valence-electron chi connectivity index (χ4n) is 5.58. The Morgan fingerprint density at radius 1 is 0.800 bits per heavy atom. The van der Waals surface area contributed by atoms with Crippen LogP contribution in [-0.2, 0) is 6.54 Å². The van der Waals surface area contributed by atoms with Crippen LogP contribution in [0.1, 0.15) is 17.5 Å². The SMILES string of the molecule is COc1ccccc1-n1c(-c2ccccc2)c(C(=O)N2CCNCC2)n(Cc2cccc(OCCOc3ccccc3)c2)c1=O.[HH]. The summed E-state index contributed by atoms with van der Waals surface area (Å²) in [5.41, 5.74) is 2.67. The van der Waals surface area contributed by atoms with Crippen LogP contribution in [0.25, 0.3) is 16.9 Å². The zero-order chi connectivity index (χ0) is 31.0. The number of carbonyl (C=O) groups excluding carboxylic acids is 1. The fraction of sp³-hybridized carbons (Fsp3) is 0.222. The Hall–Kier alpha value is -5.28. The molecule has 232 valence electrons. The molecule has 1 fully saturated rings. The molecule has 2 heterocycles. The molecule has 5 aromatic rings. The number of imidazole rings is 1. The second-order valence-electron chi connectivity index (χ2n) is 10.6. The number of aromatic nitrogens is 2. The Bertz CT molecular complexity index is 1800. The Kier molecular flexibility index (Phi) is 9.27. The van der Waals surface area contributed by atoms with Gasteiger partial charge in [0, 0.05) is 33.2 Å². The number of amides is 1. The van der Waals surface area contributed by atoms with Gasteiger partial charge in [0.15, 0.2) is 0 Å². The number of para-hydroxylation sites is 3. The Labute approximate surface area is 263 Å². The maximum atomic E-state index is 14.5. The van der Waals surface area contributed by atoms with Gasteiger partial charge in [0.2, 0.25) is 0 Å². The van der Waals surface area contributed by atoms with Gasteiger partial charge in [-0.15, -0.1) is 0 Å². The molecule has 1 aliphatic heterocycles. The highest BCUT2D eigenvalue weighted by Gasteiger charge is 2.31. The van der Waals surface area contributed by atoms with Crippen molar-refractivity contribution in [3.8, 4) is 34.2 Å². The molecule has 1 saturated heterocycles. The zero-order valence-corrected chi connectivity index (χ0v) is 25.2. The third-order valence-corrected chi connectivity index (χ3v) is 7.72. The summed E-state index contributed by atoms with van der Waals surface area (Å²) in [5, 5.41) is 3.31. The van der Waals surface area contributed by atoms with Crippen molar-refractivity contribution in [3.63, 3.8) is 0 Å². The van der Waals surface area contributed by atoms with Gasteiger partial charge in [0.1, 0.15) is 36.2 Å². The molecule has 45 heavy (non-hydrogen) atoms. The molecule has 9 nitrogen and oxygen atoms in total. The second kappa shape index (κ2) is 14.0. The largest absolute Gasteiger partial charge is 0.495 e. The van der Waals surface area contributed by atoms with E-state index in [-0.39, 0.29) is 19.6 Å². The highest BCUT2D eigenvalue weighted by molar-refractivity contribution is 5.99. The summed E-state index contributed by atoms with van der Waals surface area (Å²) >= 11 is 0. The number of piperazine rings is 1. The number of nitrogens with one attached hydrogen (secondary N) is 1. The quantitative estimate of drug-likeness (QED) is 0.210. The van der Waals surface area contributed by atoms with Crippen molar-refractivity contribution in [1.82, 2.24) is 19.4 Å². The van der Waals surface area contributed by atoms with Crippen molar-refractivity contribution in [2.75, 3.05) is 46.5 Å². The number of hydrogen-bond acceptors (Lipinski definition) is 6. The number of nitrogens with zero attached hydrogens (tertiary/aromatic N) is 3. The van der Waals surface area contributed by atoms with Gasteiger partial charge in [-0.25, -0.2) is 4.79 Å². The van der Waals surface area contributed by atoms with E-state index in [1.807, 2.05) is 114 Å². The maximum Gasteiger partial charge on any atom is 0.334 e. The number of hydrogen-bond donors (Lipinski definition) is 1. The van der Waals surface area contributed by atoms with Gasteiger partial charge in [-0.2, -0.15) is 0 Å². The van der Waals surface area contributed by atoms with Gasteiger partial charge in [-0.1, -0.05) is 72.8 Å². The topological polar surface area (TPSA) is 87.0 Å². The third-order valence-electron chi connectivity index (χ3n) is 7.72. The first kappa shape index (κ1) is 29.8. The summed E-state index contributed by atoms with van der Waals surface area (Å²) in [6, 6.07) is 34.1. The second-order valence-corrected chi connectivity index (χ2v) is 10.6. The number of carbonyl (C=O) groups is 1. The van der Waals surface area contributed by atoms with Crippen LogP contribution in [0.15, 0.2) is 114 Å². The molecule has 0 radical (unpaired) electrons. The van der Waals surface area contributed by atoms with Crippen LogP contribution in [0.2, 0.25) is 0 Å². The predicted octanol–water partition coefficient (Wildman–Crippen LogP) is 5.11. The van der Waals surface area contributed by atoms with Crippen molar-refractivity contribution in [2.24, 2.45) is 0 Å². The van der Waals surface area contributed by atoms with Crippen molar-refractivity contribution in [3.05, 3.63) is 131 Å². The van der Waals surface area contributed by atoms with Crippen LogP contribution in [-0.4, -0.2) is 66.4 Å². The van der Waals surface area contributed by atoms with Gasteiger partial charge in [-0.05, 0) is 42.0 Å². The van der Waals surface area contributed by atoms with E-state index in [9.17, 15) is 9.59 Å². The molecule has 1 aliphatic rings. The summed E-state index contributed by atoms with van der Waals surface area (Å²) < 4.78 is 20.6. The van der Waals surface area contributed by atoms with Crippen molar-refractivity contribution in [1.29, 1.82) is 0 Å². The smallest absolute Gasteiger partial charge is 0.334 e. The van der Waals surface area contributed by atoms with Crippen LogP contribution in [0.3, 0.4) is 0 Å². The van der Waals surface area contributed by atoms with E-state index in [0.29, 0.717) is 68.0 Å². The molecule has 0 spiro atoms. The van der Waals surface area contributed by atoms with Crippen LogP contribution in [0.4, 0.5) is 0 Å². The van der Waals surface area contributed by atoms with E-state index in [1.165, 1.54) is 0 Å². The standard InChI is InChI=1S/C36H36N4O5.H2/c1-43-32-18-9-8-17-31(32)40-33(28-12-4-2-5-13-28)34(35(41)38-21-19-37-20-22-38)39(36(40)42)26-27-11-10-16-30(25-27)45-24-23-44-29-14-6-3-7-15-29;/h2-18,25,37H,19-24,26H2,1H3;1H. The number of ether oxygens (including phenoxy) is 3. The summed E-state index contributed by atoms with van der Waals surface area (Å²) in [5.74, 6) is 1.78. The minimum absolute atomic E-state index is 0. The van der Waals surface area contributed by atoms with Crippen LogP contribution >= 0.6 is 0 Å². The molecule has 4 aromatic carbocycles. The number of rotatable bonds is 11. The molecular formula is C36H38N4O5. The lowest BCUT2D eigenvalue weighted by atomic mass is 10.1. The molecule has 6 rings (SSSR count). The molecule has 0 bridgehead atoms. The Balaban J connectivity index is 0.00000417. The molecular weight excluding hydrogens is 568 g/mol. The zero-order valence-electron chi connectivity index (χ0n) is 25.2. The summed E-state index contributed by atoms with van der Waals surface area (Å²) in [6.07, 6.45) is 0. The fourth-order valence-corrected chi connectivity index (χ4v) is 5.58.